The van der Waals surface area contributed by atoms with Crippen LogP contribution in [-0.4, -0.2) is 17.3 Å². The minimum absolute atomic E-state index is 0.0724. The molecule has 3 atom stereocenters. The lowest BCUT2D eigenvalue weighted by atomic mass is 10.1. The van der Waals surface area contributed by atoms with Gasteiger partial charge < -0.3 is 15.6 Å². The van der Waals surface area contributed by atoms with Gasteiger partial charge in [0.2, 0.25) is 0 Å². The number of ether oxygens (including phenoxy) is 1. The van der Waals surface area contributed by atoms with Crippen LogP contribution >= 0.6 is 0 Å². The highest BCUT2D eigenvalue weighted by Gasteiger charge is 2.14. The minimum atomic E-state index is -0.499. The fourth-order valence-electron chi connectivity index (χ4n) is 1.42. The van der Waals surface area contributed by atoms with Gasteiger partial charge in [-0.3, -0.25) is 0 Å². The van der Waals surface area contributed by atoms with E-state index in [-0.39, 0.29) is 12.1 Å². The van der Waals surface area contributed by atoms with E-state index < -0.39 is 6.10 Å². The Balaban J connectivity index is 2.96. The van der Waals surface area contributed by atoms with Gasteiger partial charge in [0.25, 0.3) is 0 Å². The van der Waals surface area contributed by atoms with Gasteiger partial charge in [-0.2, -0.15) is 0 Å². The lowest BCUT2D eigenvalue weighted by Gasteiger charge is -2.21. The monoisotopic (exact) mass is 223 g/mol. The average molecular weight is 223 g/mol. The predicted molar refractivity (Wildman–Crippen MR) is 65.6 cm³/mol. The van der Waals surface area contributed by atoms with E-state index in [9.17, 15) is 5.11 Å². The molecule has 0 fully saturated rings. The van der Waals surface area contributed by atoms with E-state index in [4.69, 9.17) is 10.5 Å². The fourth-order valence-corrected chi connectivity index (χ4v) is 1.42. The SMILES string of the molecule is Cc1ccc(C(C)N)c(OC(C)C(C)O)c1. The molecule has 3 nitrogen and oxygen atoms in total. The summed E-state index contributed by atoms with van der Waals surface area (Å²) in [5, 5.41) is 9.42. The molecule has 0 saturated heterocycles. The summed E-state index contributed by atoms with van der Waals surface area (Å²) in [4.78, 5) is 0. The maximum atomic E-state index is 9.42. The van der Waals surface area contributed by atoms with Crippen LogP contribution < -0.4 is 10.5 Å². The third kappa shape index (κ3) is 3.22. The van der Waals surface area contributed by atoms with Crippen LogP contribution in [0.3, 0.4) is 0 Å². The van der Waals surface area contributed by atoms with Crippen molar-refractivity contribution in [2.45, 2.75) is 45.9 Å². The number of aliphatic hydroxyl groups is 1. The molecule has 0 heterocycles. The highest BCUT2D eigenvalue weighted by Crippen LogP contribution is 2.26. The van der Waals surface area contributed by atoms with Crippen LogP contribution in [0, 0.1) is 6.92 Å². The quantitative estimate of drug-likeness (QED) is 0.822. The Morgan fingerprint density at radius 2 is 1.88 bits per heavy atom. The van der Waals surface area contributed by atoms with Crippen LogP contribution in [0.25, 0.3) is 0 Å². The smallest absolute Gasteiger partial charge is 0.124 e. The lowest BCUT2D eigenvalue weighted by molar-refractivity contribution is 0.0596. The summed E-state index contributed by atoms with van der Waals surface area (Å²) in [5.41, 5.74) is 7.97. The molecule has 0 aliphatic heterocycles. The Hall–Kier alpha value is -1.06. The highest BCUT2D eigenvalue weighted by molar-refractivity contribution is 5.39. The van der Waals surface area contributed by atoms with Crippen molar-refractivity contribution in [3.8, 4) is 5.75 Å². The Morgan fingerprint density at radius 3 is 2.38 bits per heavy atom. The Bertz CT molecular complexity index is 348. The van der Waals surface area contributed by atoms with E-state index in [0.29, 0.717) is 0 Å². The van der Waals surface area contributed by atoms with E-state index in [2.05, 4.69) is 0 Å². The van der Waals surface area contributed by atoms with Crippen molar-refractivity contribution >= 4 is 0 Å². The second kappa shape index (κ2) is 5.32. The highest BCUT2D eigenvalue weighted by atomic mass is 16.5. The first-order valence-electron chi connectivity index (χ1n) is 5.62. The molecule has 3 heteroatoms. The normalized spacial score (nSPS) is 16.6. The molecule has 0 radical (unpaired) electrons. The zero-order valence-corrected chi connectivity index (χ0v) is 10.4. The fraction of sp³-hybridized carbons (Fsp3) is 0.538. The van der Waals surface area contributed by atoms with Gasteiger partial charge in [0.05, 0.1) is 6.10 Å². The molecule has 1 rings (SSSR count). The van der Waals surface area contributed by atoms with Crippen molar-refractivity contribution in [3.63, 3.8) is 0 Å². The van der Waals surface area contributed by atoms with Crippen LogP contribution in [0.15, 0.2) is 18.2 Å². The third-order valence-corrected chi connectivity index (χ3v) is 2.65. The molecule has 0 aliphatic carbocycles. The molecular formula is C13H21NO2. The van der Waals surface area contributed by atoms with Crippen LogP contribution in [0.4, 0.5) is 0 Å². The van der Waals surface area contributed by atoms with Crippen LogP contribution in [-0.2, 0) is 0 Å². The van der Waals surface area contributed by atoms with Crippen molar-refractivity contribution < 1.29 is 9.84 Å². The zero-order chi connectivity index (χ0) is 12.3. The number of aliphatic hydroxyl groups excluding tert-OH is 1. The summed E-state index contributed by atoms with van der Waals surface area (Å²) < 4.78 is 5.72. The number of benzene rings is 1. The van der Waals surface area contributed by atoms with E-state index in [0.717, 1.165) is 16.9 Å². The summed E-state index contributed by atoms with van der Waals surface area (Å²) in [6.45, 7) is 7.49. The largest absolute Gasteiger partial charge is 0.488 e. The molecule has 16 heavy (non-hydrogen) atoms. The summed E-state index contributed by atoms with van der Waals surface area (Å²) in [7, 11) is 0. The van der Waals surface area contributed by atoms with Crippen molar-refractivity contribution in [3.05, 3.63) is 29.3 Å². The van der Waals surface area contributed by atoms with E-state index in [1.807, 2.05) is 39.0 Å². The summed E-state index contributed by atoms with van der Waals surface area (Å²) in [6, 6.07) is 5.87. The van der Waals surface area contributed by atoms with E-state index >= 15 is 0 Å². The summed E-state index contributed by atoms with van der Waals surface area (Å²) in [6.07, 6.45) is -0.735. The molecule has 0 aromatic heterocycles. The van der Waals surface area contributed by atoms with Crippen LogP contribution in [0.2, 0.25) is 0 Å². The summed E-state index contributed by atoms with van der Waals surface area (Å²) in [5.74, 6) is 0.767. The molecule has 0 bridgehead atoms. The average Bonchev–Trinajstić information content (AvgIpc) is 2.16. The number of aryl methyl sites for hydroxylation is 1. The zero-order valence-electron chi connectivity index (χ0n) is 10.4. The first-order valence-corrected chi connectivity index (χ1v) is 5.62. The molecule has 0 aliphatic rings. The Kier molecular flexibility index (Phi) is 4.33. The molecule has 3 unspecified atom stereocenters. The van der Waals surface area contributed by atoms with Crippen LogP contribution in [0.5, 0.6) is 5.75 Å². The number of nitrogens with two attached hydrogens (primary N) is 1. The Labute approximate surface area is 97.2 Å². The first-order chi connectivity index (χ1) is 7.41. The van der Waals surface area contributed by atoms with Gasteiger partial charge in [-0.15, -0.1) is 0 Å². The maximum Gasteiger partial charge on any atom is 0.124 e. The van der Waals surface area contributed by atoms with Gasteiger partial charge in [-0.25, -0.2) is 0 Å². The Morgan fingerprint density at radius 1 is 1.25 bits per heavy atom. The maximum absolute atomic E-state index is 9.42. The van der Waals surface area contributed by atoms with Gasteiger partial charge in [0.1, 0.15) is 11.9 Å². The molecule has 0 spiro atoms. The molecular weight excluding hydrogens is 202 g/mol. The van der Waals surface area contributed by atoms with Gasteiger partial charge >= 0.3 is 0 Å². The van der Waals surface area contributed by atoms with Gasteiger partial charge in [0, 0.05) is 11.6 Å². The van der Waals surface area contributed by atoms with Crippen molar-refractivity contribution in [2.24, 2.45) is 5.73 Å². The van der Waals surface area contributed by atoms with Crippen LogP contribution in [0.1, 0.15) is 37.9 Å². The first kappa shape index (κ1) is 13.0. The number of hydrogen-bond acceptors (Lipinski definition) is 3. The minimum Gasteiger partial charge on any atom is -0.488 e. The van der Waals surface area contributed by atoms with Gasteiger partial charge in [-0.1, -0.05) is 12.1 Å². The standard InChI is InChI=1S/C13H21NO2/c1-8-5-6-12(9(2)14)13(7-8)16-11(4)10(3)15/h5-7,9-11,15H,14H2,1-4H3. The van der Waals surface area contributed by atoms with Crippen molar-refractivity contribution in [1.29, 1.82) is 0 Å². The molecule has 3 N–H and O–H groups in total. The van der Waals surface area contributed by atoms with E-state index in [1.165, 1.54) is 0 Å². The van der Waals surface area contributed by atoms with E-state index in [1.54, 1.807) is 6.92 Å². The van der Waals surface area contributed by atoms with Gasteiger partial charge in [0.15, 0.2) is 0 Å². The molecule has 0 amide bonds. The van der Waals surface area contributed by atoms with Crippen molar-refractivity contribution in [2.75, 3.05) is 0 Å². The second-order valence-corrected chi connectivity index (χ2v) is 4.39. The van der Waals surface area contributed by atoms with Crippen molar-refractivity contribution in [1.82, 2.24) is 0 Å². The second-order valence-electron chi connectivity index (χ2n) is 4.39. The number of rotatable bonds is 4. The number of hydrogen-bond donors (Lipinski definition) is 2. The van der Waals surface area contributed by atoms with Gasteiger partial charge in [-0.05, 0) is 39.3 Å². The molecule has 1 aromatic carbocycles. The summed E-state index contributed by atoms with van der Waals surface area (Å²) >= 11 is 0. The predicted octanol–water partition coefficient (Wildman–Crippen LogP) is 2.16. The lowest BCUT2D eigenvalue weighted by Crippen LogP contribution is -2.26. The third-order valence-electron chi connectivity index (χ3n) is 2.65. The molecule has 1 aromatic rings. The molecule has 90 valence electrons. The molecule has 0 saturated carbocycles. The topological polar surface area (TPSA) is 55.5 Å².